The molecule has 0 radical (unpaired) electrons. The molecule has 0 aromatic heterocycles. The molecule has 2 amide bonds. The van der Waals surface area contributed by atoms with E-state index >= 15 is 0 Å². The Bertz CT molecular complexity index is 819. The molecule has 0 aliphatic carbocycles. The van der Waals surface area contributed by atoms with Crippen molar-refractivity contribution in [1.82, 2.24) is 4.90 Å². The van der Waals surface area contributed by atoms with E-state index in [2.05, 4.69) is 0 Å². The summed E-state index contributed by atoms with van der Waals surface area (Å²) < 4.78 is 18.7. The molecule has 3 rings (SSSR count). The van der Waals surface area contributed by atoms with Gasteiger partial charge in [-0.2, -0.15) is 0 Å². The molecule has 6 nitrogen and oxygen atoms in total. The SMILES string of the molecule is [2H][C@@H](OC(C)=O)[C@H](COCc1ccccc1)N1C(=O)c2ccccc2C1=O. The van der Waals surface area contributed by atoms with E-state index in [1.165, 1.54) is 6.92 Å². The zero-order chi connectivity index (χ0) is 19.4. The Morgan fingerprint density at radius 1 is 1.04 bits per heavy atom. The largest absolute Gasteiger partial charge is 0.464 e. The number of esters is 1. The van der Waals surface area contributed by atoms with Crippen LogP contribution in [0, 0.1) is 0 Å². The minimum absolute atomic E-state index is 0.123. The summed E-state index contributed by atoms with van der Waals surface area (Å²) in [6.45, 7) is -0.151. The molecule has 2 atom stereocenters. The first kappa shape index (κ1) is 16.5. The summed E-state index contributed by atoms with van der Waals surface area (Å²) in [4.78, 5) is 37.6. The normalized spacial score (nSPS) is 16.0. The van der Waals surface area contributed by atoms with Gasteiger partial charge in [-0.25, -0.2) is 0 Å². The van der Waals surface area contributed by atoms with Gasteiger partial charge in [0.05, 0.1) is 31.8 Å². The third-order valence-electron chi connectivity index (χ3n) is 3.95. The average Bonchev–Trinajstić information content (AvgIpc) is 2.90. The number of hydrogen-bond acceptors (Lipinski definition) is 5. The van der Waals surface area contributed by atoms with Crippen molar-refractivity contribution in [3.8, 4) is 0 Å². The third kappa shape index (κ3) is 3.81. The molecule has 2 aromatic carbocycles. The van der Waals surface area contributed by atoms with Crippen molar-refractivity contribution in [3.63, 3.8) is 0 Å². The Kier molecular flexibility index (Phi) is 5.02. The summed E-state index contributed by atoms with van der Waals surface area (Å²) >= 11 is 0. The number of carbonyl (C=O) groups is 3. The highest BCUT2D eigenvalue weighted by Crippen LogP contribution is 2.25. The first-order valence-corrected chi connectivity index (χ1v) is 8.17. The van der Waals surface area contributed by atoms with Crippen LogP contribution in [0.1, 0.15) is 34.6 Å². The zero-order valence-corrected chi connectivity index (χ0v) is 14.3. The van der Waals surface area contributed by atoms with Gasteiger partial charge in [-0.15, -0.1) is 0 Å². The Labute approximate surface area is 152 Å². The molecule has 6 heteroatoms. The average molecular weight is 354 g/mol. The fourth-order valence-corrected chi connectivity index (χ4v) is 2.73. The highest BCUT2D eigenvalue weighted by Gasteiger charge is 2.40. The molecule has 0 spiro atoms. The molecule has 0 saturated heterocycles. The number of nitrogens with zero attached hydrogens (tertiary/aromatic N) is 1. The Morgan fingerprint density at radius 3 is 2.19 bits per heavy atom. The number of benzene rings is 2. The maximum absolute atomic E-state index is 12.7. The van der Waals surface area contributed by atoms with E-state index in [1.807, 2.05) is 30.3 Å². The van der Waals surface area contributed by atoms with E-state index in [-0.39, 0.29) is 24.3 Å². The van der Waals surface area contributed by atoms with Crippen LogP contribution in [-0.2, 0) is 20.9 Å². The summed E-state index contributed by atoms with van der Waals surface area (Å²) in [6, 6.07) is 14.8. The maximum Gasteiger partial charge on any atom is 0.302 e. The zero-order valence-electron chi connectivity index (χ0n) is 15.3. The van der Waals surface area contributed by atoms with Crippen molar-refractivity contribution >= 4 is 17.8 Å². The van der Waals surface area contributed by atoms with Gasteiger partial charge >= 0.3 is 5.97 Å². The maximum atomic E-state index is 12.7. The van der Waals surface area contributed by atoms with Crippen LogP contribution in [0.5, 0.6) is 0 Å². The standard InChI is InChI=1S/C20H19NO5/c1-14(22)26-13-16(12-25-11-15-7-3-2-4-8-15)21-19(23)17-9-5-6-10-18(17)20(21)24/h2-10,16H,11-13H2,1H3/t16-/m0/s1/i13D/t13-,16+/m1. The number of rotatable bonds is 7. The van der Waals surface area contributed by atoms with Crippen LogP contribution >= 0.6 is 0 Å². The number of imide groups is 1. The minimum atomic E-state index is -1.44. The Hall–Kier alpha value is -2.99. The van der Waals surface area contributed by atoms with Crippen molar-refractivity contribution < 1.29 is 25.2 Å². The molecule has 0 bridgehead atoms. The molecule has 2 aromatic rings. The smallest absolute Gasteiger partial charge is 0.302 e. The molecule has 1 aliphatic rings. The molecule has 1 aliphatic heterocycles. The molecule has 134 valence electrons. The highest BCUT2D eigenvalue weighted by molar-refractivity contribution is 6.21. The Morgan fingerprint density at radius 2 is 1.62 bits per heavy atom. The first-order chi connectivity index (χ1) is 13.0. The van der Waals surface area contributed by atoms with E-state index < -0.39 is 30.4 Å². The minimum Gasteiger partial charge on any atom is -0.464 e. The van der Waals surface area contributed by atoms with Gasteiger partial charge < -0.3 is 9.47 Å². The number of fused-ring (bicyclic) bond motifs is 1. The topological polar surface area (TPSA) is 72.9 Å². The van der Waals surface area contributed by atoms with Crippen molar-refractivity contribution in [3.05, 3.63) is 71.3 Å². The van der Waals surface area contributed by atoms with Gasteiger partial charge in [0, 0.05) is 6.92 Å². The van der Waals surface area contributed by atoms with Gasteiger partial charge in [-0.05, 0) is 17.7 Å². The summed E-state index contributed by atoms with van der Waals surface area (Å²) in [5.41, 5.74) is 1.45. The quantitative estimate of drug-likeness (QED) is 0.564. The van der Waals surface area contributed by atoms with Crippen LogP contribution in [0.25, 0.3) is 0 Å². The fourth-order valence-electron chi connectivity index (χ4n) is 2.73. The summed E-state index contributed by atoms with van der Waals surface area (Å²) in [5.74, 6) is -1.71. The number of carbonyl (C=O) groups excluding carboxylic acids is 3. The van der Waals surface area contributed by atoms with Crippen LogP contribution in [0.2, 0.25) is 0 Å². The van der Waals surface area contributed by atoms with E-state index in [4.69, 9.17) is 10.8 Å². The van der Waals surface area contributed by atoms with E-state index in [0.29, 0.717) is 0 Å². The van der Waals surface area contributed by atoms with E-state index in [9.17, 15) is 14.4 Å². The molecule has 1 heterocycles. The van der Waals surface area contributed by atoms with Gasteiger partial charge in [0.2, 0.25) is 0 Å². The van der Waals surface area contributed by atoms with Crippen molar-refractivity contribution in [2.45, 2.75) is 19.6 Å². The van der Waals surface area contributed by atoms with Crippen LogP contribution < -0.4 is 0 Å². The number of ether oxygens (including phenoxy) is 2. The van der Waals surface area contributed by atoms with E-state index in [1.54, 1.807) is 24.3 Å². The monoisotopic (exact) mass is 354 g/mol. The predicted octanol–water partition coefficient (Wildman–Crippen LogP) is 2.43. The highest BCUT2D eigenvalue weighted by atomic mass is 16.5. The lowest BCUT2D eigenvalue weighted by atomic mass is 10.1. The molecular formula is C20H19NO5. The molecule has 26 heavy (non-hydrogen) atoms. The molecule has 0 N–H and O–H groups in total. The molecule has 0 saturated carbocycles. The van der Waals surface area contributed by atoms with Gasteiger partial charge in [-0.3, -0.25) is 19.3 Å². The van der Waals surface area contributed by atoms with Crippen molar-refractivity contribution in [2.24, 2.45) is 0 Å². The second kappa shape index (κ2) is 7.93. The Balaban J connectivity index is 1.79. The van der Waals surface area contributed by atoms with Crippen molar-refractivity contribution in [2.75, 3.05) is 13.2 Å². The van der Waals surface area contributed by atoms with E-state index in [0.717, 1.165) is 10.5 Å². The number of amides is 2. The van der Waals surface area contributed by atoms with Crippen LogP contribution in [0.3, 0.4) is 0 Å². The van der Waals surface area contributed by atoms with Crippen molar-refractivity contribution in [1.29, 1.82) is 0 Å². The van der Waals surface area contributed by atoms with Gasteiger partial charge in [0.15, 0.2) is 0 Å². The van der Waals surface area contributed by atoms with Gasteiger partial charge in [-0.1, -0.05) is 42.5 Å². The van der Waals surface area contributed by atoms with Gasteiger partial charge in [0.1, 0.15) is 6.58 Å². The van der Waals surface area contributed by atoms with Gasteiger partial charge in [0.25, 0.3) is 11.8 Å². The second-order valence-electron chi connectivity index (χ2n) is 5.84. The lowest BCUT2D eigenvalue weighted by Gasteiger charge is -2.25. The third-order valence-corrected chi connectivity index (χ3v) is 3.95. The van der Waals surface area contributed by atoms with Crippen LogP contribution in [-0.4, -0.2) is 41.9 Å². The summed E-state index contributed by atoms with van der Waals surface area (Å²) in [5, 5.41) is 0. The summed E-state index contributed by atoms with van der Waals surface area (Å²) in [7, 11) is 0. The number of hydrogen-bond donors (Lipinski definition) is 0. The lowest BCUT2D eigenvalue weighted by molar-refractivity contribution is -0.143. The van der Waals surface area contributed by atoms with Crippen LogP contribution in [0.4, 0.5) is 0 Å². The molecule has 0 fully saturated rings. The van der Waals surface area contributed by atoms with Crippen LogP contribution in [0.15, 0.2) is 54.6 Å². The lowest BCUT2D eigenvalue weighted by Crippen LogP contribution is -2.45. The first-order valence-electron chi connectivity index (χ1n) is 8.75. The molecule has 0 unspecified atom stereocenters. The predicted molar refractivity (Wildman–Crippen MR) is 93.5 cm³/mol. The summed E-state index contributed by atoms with van der Waals surface area (Å²) in [6.07, 6.45) is 0. The molecular weight excluding hydrogens is 334 g/mol. The second-order valence-corrected chi connectivity index (χ2v) is 5.84. The fraction of sp³-hybridized carbons (Fsp3) is 0.250.